The van der Waals surface area contributed by atoms with E-state index in [4.69, 9.17) is 4.74 Å². The molecular weight excluding hydrogens is 340 g/mol. The number of amides is 1. The smallest absolute Gasteiger partial charge is 0.251 e. The van der Waals surface area contributed by atoms with Crippen LogP contribution in [0.25, 0.3) is 0 Å². The van der Waals surface area contributed by atoms with Gasteiger partial charge in [-0.05, 0) is 50.3 Å². The van der Waals surface area contributed by atoms with E-state index in [1.54, 1.807) is 12.1 Å². The summed E-state index contributed by atoms with van der Waals surface area (Å²) in [4.78, 5) is 12.4. The minimum Gasteiger partial charge on any atom is -0.380 e. The molecule has 25 heavy (non-hydrogen) atoms. The lowest BCUT2D eigenvalue weighted by Crippen LogP contribution is -2.35. The van der Waals surface area contributed by atoms with E-state index < -0.39 is 10.0 Å². The van der Waals surface area contributed by atoms with E-state index in [-0.39, 0.29) is 16.8 Å². The predicted octanol–water partition coefficient (Wildman–Crippen LogP) is 1.98. The molecule has 0 aromatic heterocycles. The van der Waals surface area contributed by atoms with E-state index in [1.165, 1.54) is 24.1 Å². The third-order valence-corrected chi connectivity index (χ3v) is 6.04. The summed E-state index contributed by atoms with van der Waals surface area (Å²) in [6.07, 6.45) is 7.28. The number of sulfonamides is 1. The predicted molar refractivity (Wildman–Crippen MR) is 94.9 cm³/mol. The molecule has 2 N–H and O–H groups in total. The first-order chi connectivity index (χ1) is 12.0. The molecule has 136 valence electrons. The van der Waals surface area contributed by atoms with Crippen molar-refractivity contribution in [3.63, 3.8) is 0 Å². The van der Waals surface area contributed by atoms with E-state index in [0.717, 1.165) is 19.3 Å². The van der Waals surface area contributed by atoms with Crippen molar-refractivity contribution in [2.45, 2.75) is 43.0 Å². The van der Waals surface area contributed by atoms with Gasteiger partial charge in [0.2, 0.25) is 10.0 Å². The summed E-state index contributed by atoms with van der Waals surface area (Å²) in [6.45, 7) is 1.47. The zero-order valence-electron chi connectivity index (χ0n) is 14.2. The summed E-state index contributed by atoms with van der Waals surface area (Å²) in [7, 11) is -3.66. The highest BCUT2D eigenvalue weighted by molar-refractivity contribution is 7.89. The van der Waals surface area contributed by atoms with Gasteiger partial charge in [-0.15, -0.1) is 0 Å². The first-order valence-corrected chi connectivity index (χ1v) is 10.2. The van der Waals surface area contributed by atoms with Crippen LogP contribution in [0, 0.1) is 0 Å². The number of benzene rings is 1. The molecule has 3 rings (SSSR count). The second-order valence-electron chi connectivity index (χ2n) is 6.50. The van der Waals surface area contributed by atoms with Gasteiger partial charge in [0.25, 0.3) is 5.91 Å². The molecule has 0 spiro atoms. The fourth-order valence-electron chi connectivity index (χ4n) is 3.08. The highest BCUT2D eigenvalue weighted by atomic mass is 32.2. The molecule has 1 aliphatic heterocycles. The largest absolute Gasteiger partial charge is 0.380 e. The Balaban J connectivity index is 1.65. The molecule has 1 aliphatic carbocycles. The van der Waals surface area contributed by atoms with Crippen molar-refractivity contribution < 1.29 is 17.9 Å². The standard InChI is InChI=1S/C18H24N2O4S/c21-18(19-12-14-5-2-1-3-6-14)15-7-4-8-17(11-15)25(22,23)20-16-9-10-24-13-16/h4-5,7-8,11,16,20H,1-3,6,9-10,12-13H2,(H,19,21)/t16-/m0/s1. The topological polar surface area (TPSA) is 84.5 Å². The molecule has 1 aromatic carbocycles. The van der Waals surface area contributed by atoms with Gasteiger partial charge in [-0.1, -0.05) is 17.7 Å². The first-order valence-electron chi connectivity index (χ1n) is 8.71. The maximum Gasteiger partial charge on any atom is 0.251 e. The molecule has 1 heterocycles. The lowest BCUT2D eigenvalue weighted by molar-refractivity contribution is 0.0956. The molecule has 7 heteroatoms. The van der Waals surface area contributed by atoms with Crippen molar-refractivity contribution in [3.05, 3.63) is 41.5 Å². The third-order valence-electron chi connectivity index (χ3n) is 4.52. The van der Waals surface area contributed by atoms with Gasteiger partial charge in [0, 0.05) is 24.8 Å². The SMILES string of the molecule is O=C(NCC1=CCCCC1)c1cccc(S(=O)(=O)N[C@H]2CCOC2)c1. The Morgan fingerprint density at radius 1 is 1.28 bits per heavy atom. The molecule has 1 aromatic rings. The van der Waals surface area contributed by atoms with Crippen LogP contribution in [-0.4, -0.2) is 40.1 Å². The maximum absolute atomic E-state index is 12.5. The average molecular weight is 364 g/mol. The lowest BCUT2D eigenvalue weighted by atomic mass is 9.99. The van der Waals surface area contributed by atoms with Crippen LogP contribution in [0.4, 0.5) is 0 Å². The highest BCUT2D eigenvalue weighted by Crippen LogP contribution is 2.17. The van der Waals surface area contributed by atoms with Gasteiger partial charge in [-0.2, -0.15) is 0 Å². The quantitative estimate of drug-likeness (QED) is 0.756. The monoisotopic (exact) mass is 364 g/mol. The van der Waals surface area contributed by atoms with Crippen LogP contribution in [0.2, 0.25) is 0 Å². The zero-order chi connectivity index (χ0) is 17.7. The Morgan fingerprint density at radius 2 is 2.16 bits per heavy atom. The molecule has 0 saturated carbocycles. The van der Waals surface area contributed by atoms with Crippen molar-refractivity contribution in [2.24, 2.45) is 0 Å². The van der Waals surface area contributed by atoms with Crippen LogP contribution in [0.15, 0.2) is 40.8 Å². The van der Waals surface area contributed by atoms with Crippen LogP contribution in [0.5, 0.6) is 0 Å². The minimum absolute atomic E-state index is 0.101. The van der Waals surface area contributed by atoms with Crippen LogP contribution in [0.3, 0.4) is 0 Å². The van der Waals surface area contributed by atoms with E-state index >= 15 is 0 Å². The molecular formula is C18H24N2O4S. The number of carbonyl (C=O) groups excluding carboxylic acids is 1. The van der Waals surface area contributed by atoms with Gasteiger partial charge >= 0.3 is 0 Å². The maximum atomic E-state index is 12.5. The summed E-state index contributed by atoms with van der Waals surface area (Å²) in [5.41, 5.74) is 1.59. The molecule has 1 saturated heterocycles. The number of ether oxygens (including phenoxy) is 1. The summed E-state index contributed by atoms with van der Waals surface area (Å²) in [6, 6.07) is 5.93. The van der Waals surface area contributed by atoms with Crippen LogP contribution in [0.1, 0.15) is 42.5 Å². The van der Waals surface area contributed by atoms with E-state index in [9.17, 15) is 13.2 Å². The number of rotatable bonds is 6. The van der Waals surface area contributed by atoms with E-state index in [1.807, 2.05) is 0 Å². The Bertz CT molecular complexity index is 752. The molecule has 1 amide bonds. The molecule has 1 atom stereocenters. The van der Waals surface area contributed by atoms with Gasteiger partial charge in [-0.25, -0.2) is 13.1 Å². The number of hydrogen-bond acceptors (Lipinski definition) is 4. The van der Waals surface area contributed by atoms with Gasteiger partial charge in [0.05, 0.1) is 11.5 Å². The summed E-state index contributed by atoms with van der Waals surface area (Å²) in [5.74, 6) is -0.257. The van der Waals surface area contributed by atoms with Gasteiger partial charge in [0.1, 0.15) is 0 Å². The van der Waals surface area contributed by atoms with Crippen LogP contribution >= 0.6 is 0 Å². The van der Waals surface area contributed by atoms with Crippen LogP contribution in [-0.2, 0) is 14.8 Å². The van der Waals surface area contributed by atoms with E-state index in [2.05, 4.69) is 16.1 Å². The minimum atomic E-state index is -3.66. The van der Waals surface area contributed by atoms with Crippen molar-refractivity contribution in [2.75, 3.05) is 19.8 Å². The molecule has 0 unspecified atom stereocenters. The summed E-state index contributed by atoms with van der Waals surface area (Å²) < 4.78 is 32.7. The van der Waals surface area contributed by atoms with Crippen molar-refractivity contribution in [1.29, 1.82) is 0 Å². The molecule has 0 bridgehead atoms. The normalized spacial score (nSPS) is 21.0. The van der Waals surface area contributed by atoms with Crippen molar-refractivity contribution in [3.8, 4) is 0 Å². The summed E-state index contributed by atoms with van der Waals surface area (Å²) >= 11 is 0. The number of hydrogen-bond donors (Lipinski definition) is 2. The lowest BCUT2D eigenvalue weighted by Gasteiger charge is -2.14. The molecule has 0 radical (unpaired) electrons. The van der Waals surface area contributed by atoms with Crippen LogP contribution < -0.4 is 10.0 Å². The fraction of sp³-hybridized carbons (Fsp3) is 0.500. The van der Waals surface area contributed by atoms with Gasteiger partial charge in [-0.3, -0.25) is 4.79 Å². The number of carbonyl (C=O) groups is 1. The fourth-order valence-corrected chi connectivity index (χ4v) is 4.38. The number of nitrogens with one attached hydrogen (secondary N) is 2. The third kappa shape index (κ3) is 4.90. The average Bonchev–Trinajstić information content (AvgIpc) is 3.13. The Morgan fingerprint density at radius 3 is 2.88 bits per heavy atom. The van der Waals surface area contributed by atoms with Gasteiger partial charge < -0.3 is 10.1 Å². The Labute approximate surface area is 148 Å². The highest BCUT2D eigenvalue weighted by Gasteiger charge is 2.24. The van der Waals surface area contributed by atoms with Gasteiger partial charge in [0.15, 0.2) is 0 Å². The molecule has 6 nitrogen and oxygen atoms in total. The van der Waals surface area contributed by atoms with E-state index in [0.29, 0.717) is 31.7 Å². The molecule has 1 fully saturated rings. The second-order valence-corrected chi connectivity index (χ2v) is 8.21. The Hall–Kier alpha value is -1.70. The first kappa shape index (κ1) is 18.1. The van der Waals surface area contributed by atoms with Crippen molar-refractivity contribution in [1.82, 2.24) is 10.0 Å². The second kappa shape index (κ2) is 8.12. The molecule has 2 aliphatic rings. The zero-order valence-corrected chi connectivity index (χ0v) is 15.0. The summed E-state index contributed by atoms with van der Waals surface area (Å²) in [5, 5.41) is 2.88. The Kier molecular flexibility index (Phi) is 5.88. The number of allylic oxidation sites excluding steroid dienone is 1. The van der Waals surface area contributed by atoms with Crippen molar-refractivity contribution >= 4 is 15.9 Å².